The highest BCUT2D eigenvalue weighted by Crippen LogP contribution is 2.53. The fraction of sp³-hybridized carbons (Fsp3) is 0.261. The maximum Gasteiger partial charge on any atom is 0.120 e. The number of aliphatic hydroxyl groups excluding tert-OH is 1. The van der Waals surface area contributed by atoms with E-state index >= 15 is 0 Å². The van der Waals surface area contributed by atoms with Crippen LogP contribution in [0.4, 0.5) is 0 Å². The minimum atomic E-state index is -0.241. The fourth-order valence-electron chi connectivity index (χ4n) is 6.32. The molecule has 0 saturated heterocycles. The minimum absolute atomic E-state index is 0. The molecule has 6 aromatic rings. The Bertz CT molecular complexity index is 1840. The number of hydrogen-bond acceptors (Lipinski definition) is 3. The quantitative estimate of drug-likeness (QED) is 0.169. The molecule has 3 nitrogen and oxygen atoms in total. The third kappa shape index (κ3) is 8.79. The summed E-state index contributed by atoms with van der Waals surface area (Å²) in [6.07, 6.45) is 3.27. The normalized spacial score (nSPS) is 13.8. The predicted octanol–water partition coefficient (Wildman–Crippen LogP) is 11.5. The van der Waals surface area contributed by atoms with Gasteiger partial charge in [0.25, 0.3) is 0 Å². The van der Waals surface area contributed by atoms with Crippen molar-refractivity contribution < 1.29 is 14.6 Å². The maximum absolute atomic E-state index is 9.01. The predicted molar refractivity (Wildman–Crippen MR) is 208 cm³/mol. The Labute approximate surface area is 294 Å². The molecule has 1 unspecified atom stereocenters. The molecular formula is C46H52O3. The van der Waals surface area contributed by atoms with Gasteiger partial charge in [0.2, 0.25) is 0 Å². The summed E-state index contributed by atoms with van der Waals surface area (Å²) in [4.78, 5) is 0. The van der Waals surface area contributed by atoms with E-state index in [2.05, 4.69) is 143 Å². The fourth-order valence-corrected chi connectivity index (χ4v) is 6.32. The van der Waals surface area contributed by atoms with E-state index < -0.39 is 0 Å². The lowest BCUT2D eigenvalue weighted by molar-refractivity contribution is 0.201. The van der Waals surface area contributed by atoms with Gasteiger partial charge in [-0.05, 0) is 106 Å². The zero-order valence-corrected chi connectivity index (χ0v) is 28.8. The number of aryl methyl sites for hydroxylation is 2. The van der Waals surface area contributed by atoms with Gasteiger partial charge in [-0.15, -0.1) is 0 Å². The van der Waals surface area contributed by atoms with Crippen LogP contribution in [0.1, 0.15) is 69.4 Å². The van der Waals surface area contributed by atoms with Gasteiger partial charge in [-0.25, -0.2) is 0 Å². The monoisotopic (exact) mass is 652 g/mol. The Hall–Kier alpha value is -4.86. The lowest BCUT2D eigenvalue weighted by Crippen LogP contribution is -2.22. The van der Waals surface area contributed by atoms with Gasteiger partial charge >= 0.3 is 0 Å². The second-order valence-corrected chi connectivity index (χ2v) is 12.2. The molecule has 0 saturated carbocycles. The van der Waals surface area contributed by atoms with Crippen LogP contribution < -0.4 is 9.47 Å². The third-order valence-corrected chi connectivity index (χ3v) is 9.01. The van der Waals surface area contributed by atoms with E-state index in [9.17, 15) is 0 Å². The first-order chi connectivity index (χ1) is 23.5. The highest BCUT2D eigenvalue weighted by molar-refractivity contribution is 5.88. The summed E-state index contributed by atoms with van der Waals surface area (Å²) in [5, 5.41) is 11.3. The zero-order chi connectivity index (χ0) is 33.8. The molecular weight excluding hydrogens is 601 g/mol. The molecule has 1 atom stereocenters. The number of benzene rings is 6. The summed E-state index contributed by atoms with van der Waals surface area (Å²) < 4.78 is 11.5. The van der Waals surface area contributed by atoms with Crippen molar-refractivity contribution in [1.82, 2.24) is 0 Å². The Morgan fingerprint density at radius 2 is 1.06 bits per heavy atom. The van der Waals surface area contributed by atoms with Crippen molar-refractivity contribution in [1.29, 1.82) is 0 Å². The van der Waals surface area contributed by atoms with E-state index in [1.807, 2.05) is 24.3 Å². The molecule has 0 bridgehead atoms. The van der Waals surface area contributed by atoms with Crippen molar-refractivity contribution >= 4 is 10.8 Å². The smallest absolute Gasteiger partial charge is 0.120 e. The van der Waals surface area contributed by atoms with Gasteiger partial charge in [-0.1, -0.05) is 137 Å². The number of fused-ring (bicyclic) bond motifs is 4. The molecule has 0 spiro atoms. The molecule has 1 aliphatic carbocycles. The topological polar surface area (TPSA) is 38.7 Å². The van der Waals surface area contributed by atoms with Gasteiger partial charge in [-0.2, -0.15) is 0 Å². The standard InChI is InChI=1S/C29H28O3.2C8H10.CH4/c1-3-15-31-24-12-13-28-26(19-24)25-6-4-5-7-27(25)29(28,2)22-10-8-21-18-23(32-16-14-30)11-9-20(21)17-22;2*1-2-8-6-4-3-5-7-8;/h4-13,17-19,30H,3,14-16H2,1-2H3;2*3-7H,2H2,1H3;1H4. The van der Waals surface area contributed by atoms with Crippen molar-refractivity contribution in [2.45, 2.75) is 59.8 Å². The van der Waals surface area contributed by atoms with Crippen molar-refractivity contribution in [2.75, 3.05) is 19.8 Å². The van der Waals surface area contributed by atoms with Crippen LogP contribution in [-0.2, 0) is 18.3 Å². The molecule has 0 fully saturated rings. The summed E-state index contributed by atoms with van der Waals surface area (Å²) in [5.41, 5.74) is 9.01. The SMILES string of the molecule is C.CCCOc1ccc2c(c1)-c1ccccc1C2(C)c1ccc2cc(OCCO)ccc2c1.CCc1ccccc1.CCc1ccccc1. The largest absolute Gasteiger partial charge is 0.494 e. The van der Waals surface area contributed by atoms with Crippen LogP contribution in [-0.4, -0.2) is 24.9 Å². The van der Waals surface area contributed by atoms with Crippen LogP contribution in [0.2, 0.25) is 0 Å². The second-order valence-electron chi connectivity index (χ2n) is 12.2. The lowest BCUT2D eigenvalue weighted by Gasteiger charge is -2.28. The Morgan fingerprint density at radius 1 is 0.531 bits per heavy atom. The lowest BCUT2D eigenvalue weighted by atomic mass is 9.74. The number of hydrogen-bond donors (Lipinski definition) is 1. The van der Waals surface area contributed by atoms with Gasteiger partial charge in [0.15, 0.2) is 0 Å². The van der Waals surface area contributed by atoms with E-state index in [0.717, 1.165) is 42.8 Å². The summed E-state index contributed by atoms with van der Waals surface area (Å²) in [6, 6.07) is 48.9. The van der Waals surface area contributed by atoms with E-state index in [0.29, 0.717) is 6.61 Å². The highest BCUT2D eigenvalue weighted by Gasteiger charge is 2.40. The second kappa shape index (κ2) is 18.1. The van der Waals surface area contributed by atoms with E-state index in [1.165, 1.54) is 44.3 Å². The first-order valence-corrected chi connectivity index (χ1v) is 17.2. The number of rotatable bonds is 9. The van der Waals surface area contributed by atoms with Gasteiger partial charge in [-0.3, -0.25) is 0 Å². The van der Waals surface area contributed by atoms with Crippen LogP contribution in [0.15, 0.2) is 140 Å². The van der Waals surface area contributed by atoms with E-state index in [1.54, 1.807) is 0 Å². The molecule has 0 aliphatic heterocycles. The van der Waals surface area contributed by atoms with E-state index in [4.69, 9.17) is 14.6 Å². The summed E-state index contributed by atoms with van der Waals surface area (Å²) in [6.45, 7) is 9.82. The molecule has 254 valence electrons. The van der Waals surface area contributed by atoms with E-state index in [-0.39, 0.29) is 19.4 Å². The molecule has 0 amide bonds. The van der Waals surface area contributed by atoms with Gasteiger partial charge < -0.3 is 14.6 Å². The summed E-state index contributed by atoms with van der Waals surface area (Å²) in [5.74, 6) is 1.71. The van der Waals surface area contributed by atoms with Crippen molar-refractivity contribution in [3.8, 4) is 22.6 Å². The molecule has 7 rings (SSSR count). The molecule has 0 radical (unpaired) electrons. The Kier molecular flexibility index (Phi) is 13.6. The van der Waals surface area contributed by atoms with Crippen LogP contribution >= 0.6 is 0 Å². The molecule has 3 heteroatoms. The Morgan fingerprint density at radius 3 is 1.67 bits per heavy atom. The van der Waals surface area contributed by atoms with Crippen molar-refractivity contribution in [3.63, 3.8) is 0 Å². The average molecular weight is 653 g/mol. The van der Waals surface area contributed by atoms with Crippen molar-refractivity contribution in [2.24, 2.45) is 0 Å². The third-order valence-electron chi connectivity index (χ3n) is 9.01. The van der Waals surface area contributed by atoms with Gasteiger partial charge in [0, 0.05) is 5.41 Å². The van der Waals surface area contributed by atoms with Gasteiger partial charge in [0.1, 0.15) is 18.1 Å². The van der Waals surface area contributed by atoms with Crippen molar-refractivity contribution in [3.05, 3.63) is 167 Å². The molecule has 0 heterocycles. The van der Waals surface area contributed by atoms with Crippen LogP contribution in [0, 0.1) is 0 Å². The molecule has 6 aromatic carbocycles. The molecule has 49 heavy (non-hydrogen) atoms. The van der Waals surface area contributed by atoms with Crippen LogP contribution in [0.3, 0.4) is 0 Å². The highest BCUT2D eigenvalue weighted by atomic mass is 16.5. The first-order valence-electron chi connectivity index (χ1n) is 17.2. The minimum Gasteiger partial charge on any atom is -0.494 e. The maximum atomic E-state index is 9.01. The molecule has 0 aromatic heterocycles. The first kappa shape index (κ1) is 37.0. The number of ether oxygens (including phenoxy) is 2. The average Bonchev–Trinajstić information content (AvgIpc) is 3.42. The summed E-state index contributed by atoms with van der Waals surface area (Å²) >= 11 is 0. The van der Waals surface area contributed by atoms with Crippen LogP contribution in [0.5, 0.6) is 11.5 Å². The Balaban J connectivity index is 0.000000261. The molecule has 1 aliphatic rings. The molecule has 1 N–H and O–H groups in total. The zero-order valence-electron chi connectivity index (χ0n) is 28.8. The van der Waals surface area contributed by atoms with Crippen LogP contribution in [0.25, 0.3) is 21.9 Å². The summed E-state index contributed by atoms with van der Waals surface area (Å²) in [7, 11) is 0. The van der Waals surface area contributed by atoms with Gasteiger partial charge in [0.05, 0.1) is 13.2 Å². The number of aliphatic hydroxyl groups is 1.